The third kappa shape index (κ3) is 3.23. The van der Waals surface area contributed by atoms with Gasteiger partial charge in [-0.15, -0.1) is 0 Å². The van der Waals surface area contributed by atoms with E-state index in [1.54, 1.807) is 0 Å². The van der Waals surface area contributed by atoms with E-state index in [1.165, 1.54) is 38.5 Å². The van der Waals surface area contributed by atoms with Crippen molar-refractivity contribution in [2.24, 2.45) is 5.41 Å². The third-order valence-electron chi connectivity index (χ3n) is 4.80. The highest BCUT2D eigenvalue weighted by molar-refractivity contribution is 4.93. The molecule has 0 aromatic rings. The lowest BCUT2D eigenvalue weighted by molar-refractivity contribution is -0.0366. The van der Waals surface area contributed by atoms with Crippen LogP contribution in [0.3, 0.4) is 0 Å². The zero-order chi connectivity index (χ0) is 12.5. The SMILES string of the molecule is CC(NCC1CCC2(CCCC2)O1)C(C)(C)C. The van der Waals surface area contributed by atoms with E-state index < -0.39 is 0 Å². The minimum atomic E-state index is 0.289. The molecule has 0 radical (unpaired) electrons. The van der Waals surface area contributed by atoms with Gasteiger partial charge in [-0.2, -0.15) is 0 Å². The Hall–Kier alpha value is -0.0800. The van der Waals surface area contributed by atoms with Crippen LogP contribution in [0.1, 0.15) is 66.2 Å². The maximum Gasteiger partial charge on any atom is 0.0708 e. The van der Waals surface area contributed by atoms with Crippen molar-refractivity contribution in [2.75, 3.05) is 6.54 Å². The summed E-state index contributed by atoms with van der Waals surface area (Å²) in [6.45, 7) is 10.2. The highest BCUT2D eigenvalue weighted by Gasteiger charge is 2.42. The Bertz CT molecular complexity index is 250. The van der Waals surface area contributed by atoms with Crippen molar-refractivity contribution < 1.29 is 4.74 Å². The predicted molar refractivity (Wildman–Crippen MR) is 72.2 cm³/mol. The van der Waals surface area contributed by atoms with Crippen LogP contribution in [-0.4, -0.2) is 24.3 Å². The van der Waals surface area contributed by atoms with E-state index in [-0.39, 0.29) is 5.60 Å². The lowest BCUT2D eigenvalue weighted by atomic mass is 9.88. The molecule has 1 spiro atoms. The second-order valence-corrected chi connectivity index (χ2v) is 7.16. The Labute approximate surface area is 107 Å². The van der Waals surface area contributed by atoms with Gasteiger partial charge in [0, 0.05) is 12.6 Å². The van der Waals surface area contributed by atoms with Gasteiger partial charge < -0.3 is 10.1 Å². The first-order valence-corrected chi connectivity index (χ1v) is 7.33. The molecular formula is C15H29NO. The first kappa shape index (κ1) is 13.4. The predicted octanol–water partition coefficient (Wildman–Crippen LogP) is 3.50. The summed E-state index contributed by atoms with van der Waals surface area (Å²) in [6, 6.07) is 0.547. The Morgan fingerprint density at radius 1 is 1.24 bits per heavy atom. The number of hydrogen-bond acceptors (Lipinski definition) is 2. The van der Waals surface area contributed by atoms with E-state index in [0.29, 0.717) is 17.6 Å². The molecule has 1 aliphatic carbocycles. The van der Waals surface area contributed by atoms with E-state index in [1.807, 2.05) is 0 Å². The average Bonchev–Trinajstić information content (AvgIpc) is 2.85. The molecule has 0 amide bonds. The molecule has 2 fully saturated rings. The highest BCUT2D eigenvalue weighted by Crippen LogP contribution is 2.43. The molecule has 100 valence electrons. The van der Waals surface area contributed by atoms with Gasteiger partial charge in [-0.3, -0.25) is 0 Å². The highest BCUT2D eigenvalue weighted by atomic mass is 16.5. The van der Waals surface area contributed by atoms with Gasteiger partial charge in [-0.05, 0) is 38.0 Å². The molecule has 1 heterocycles. The molecule has 1 aliphatic heterocycles. The van der Waals surface area contributed by atoms with Crippen molar-refractivity contribution in [3.8, 4) is 0 Å². The van der Waals surface area contributed by atoms with Gasteiger partial charge in [0.05, 0.1) is 11.7 Å². The fourth-order valence-electron chi connectivity index (χ4n) is 3.04. The Morgan fingerprint density at radius 3 is 2.47 bits per heavy atom. The Kier molecular flexibility index (Phi) is 3.84. The Morgan fingerprint density at radius 2 is 1.88 bits per heavy atom. The number of ether oxygens (including phenoxy) is 1. The summed E-state index contributed by atoms with van der Waals surface area (Å²) in [5, 5.41) is 3.65. The average molecular weight is 239 g/mol. The van der Waals surface area contributed by atoms with Crippen LogP contribution >= 0.6 is 0 Å². The van der Waals surface area contributed by atoms with Crippen molar-refractivity contribution in [3.63, 3.8) is 0 Å². The Balaban J connectivity index is 1.75. The van der Waals surface area contributed by atoms with Crippen molar-refractivity contribution in [3.05, 3.63) is 0 Å². The molecule has 0 aromatic heterocycles. The molecule has 2 unspecified atom stereocenters. The molecule has 2 nitrogen and oxygen atoms in total. The van der Waals surface area contributed by atoms with E-state index in [2.05, 4.69) is 33.0 Å². The first-order valence-electron chi connectivity index (χ1n) is 7.33. The molecule has 2 aliphatic rings. The lowest BCUT2D eigenvalue weighted by Crippen LogP contribution is -2.42. The van der Waals surface area contributed by atoms with Crippen molar-refractivity contribution in [1.29, 1.82) is 0 Å². The topological polar surface area (TPSA) is 21.3 Å². The van der Waals surface area contributed by atoms with Crippen molar-refractivity contribution in [2.45, 2.75) is 84.0 Å². The van der Waals surface area contributed by atoms with Crippen LogP contribution in [0.4, 0.5) is 0 Å². The number of hydrogen-bond donors (Lipinski definition) is 1. The van der Waals surface area contributed by atoms with Crippen LogP contribution in [0, 0.1) is 5.41 Å². The van der Waals surface area contributed by atoms with Crippen LogP contribution in [0.15, 0.2) is 0 Å². The third-order valence-corrected chi connectivity index (χ3v) is 4.80. The summed E-state index contributed by atoms with van der Waals surface area (Å²) in [6.07, 6.45) is 8.36. The molecule has 2 heteroatoms. The van der Waals surface area contributed by atoms with E-state index >= 15 is 0 Å². The lowest BCUT2D eigenvalue weighted by Gasteiger charge is -2.30. The molecule has 17 heavy (non-hydrogen) atoms. The van der Waals surface area contributed by atoms with E-state index in [4.69, 9.17) is 4.74 Å². The van der Waals surface area contributed by atoms with Crippen LogP contribution in [0.2, 0.25) is 0 Å². The van der Waals surface area contributed by atoms with Gasteiger partial charge in [0.1, 0.15) is 0 Å². The van der Waals surface area contributed by atoms with Gasteiger partial charge in [0.25, 0.3) is 0 Å². The van der Waals surface area contributed by atoms with Crippen molar-refractivity contribution >= 4 is 0 Å². The van der Waals surface area contributed by atoms with Crippen LogP contribution in [0.5, 0.6) is 0 Å². The van der Waals surface area contributed by atoms with Gasteiger partial charge in [0.15, 0.2) is 0 Å². The fourth-order valence-corrected chi connectivity index (χ4v) is 3.04. The maximum atomic E-state index is 6.31. The summed E-state index contributed by atoms with van der Waals surface area (Å²) in [5.74, 6) is 0. The molecule has 1 saturated heterocycles. The summed E-state index contributed by atoms with van der Waals surface area (Å²) in [5.41, 5.74) is 0.626. The number of nitrogens with one attached hydrogen (secondary N) is 1. The molecule has 2 rings (SSSR count). The summed E-state index contributed by atoms with van der Waals surface area (Å²) in [4.78, 5) is 0. The van der Waals surface area contributed by atoms with E-state index in [0.717, 1.165) is 6.54 Å². The molecule has 0 aromatic carbocycles. The van der Waals surface area contributed by atoms with Gasteiger partial charge in [-0.1, -0.05) is 33.6 Å². The summed E-state index contributed by atoms with van der Waals surface area (Å²) in [7, 11) is 0. The monoisotopic (exact) mass is 239 g/mol. The smallest absolute Gasteiger partial charge is 0.0708 e. The fraction of sp³-hybridized carbons (Fsp3) is 1.00. The quantitative estimate of drug-likeness (QED) is 0.814. The number of rotatable bonds is 3. The van der Waals surface area contributed by atoms with Gasteiger partial charge >= 0.3 is 0 Å². The summed E-state index contributed by atoms with van der Waals surface area (Å²) < 4.78 is 6.31. The van der Waals surface area contributed by atoms with Crippen molar-refractivity contribution in [1.82, 2.24) is 5.32 Å². The molecule has 1 saturated carbocycles. The molecule has 0 bridgehead atoms. The van der Waals surface area contributed by atoms with Gasteiger partial charge in [0.2, 0.25) is 0 Å². The second kappa shape index (κ2) is 4.89. The first-order chi connectivity index (χ1) is 7.91. The largest absolute Gasteiger partial charge is 0.370 e. The second-order valence-electron chi connectivity index (χ2n) is 7.16. The minimum absolute atomic E-state index is 0.289. The standard InChI is InChI=1S/C15H29NO/c1-12(14(2,3)4)16-11-13-7-10-15(17-13)8-5-6-9-15/h12-13,16H,5-11H2,1-4H3. The van der Waals surface area contributed by atoms with Crippen LogP contribution < -0.4 is 5.32 Å². The van der Waals surface area contributed by atoms with Crippen LogP contribution in [0.25, 0.3) is 0 Å². The molecule has 1 N–H and O–H groups in total. The molecular weight excluding hydrogens is 210 g/mol. The maximum absolute atomic E-state index is 6.31. The zero-order valence-electron chi connectivity index (χ0n) is 12.0. The normalized spacial score (nSPS) is 30.0. The summed E-state index contributed by atoms with van der Waals surface area (Å²) >= 11 is 0. The van der Waals surface area contributed by atoms with E-state index in [9.17, 15) is 0 Å². The zero-order valence-corrected chi connectivity index (χ0v) is 12.0. The minimum Gasteiger partial charge on any atom is -0.370 e. The molecule has 2 atom stereocenters. The van der Waals surface area contributed by atoms with Gasteiger partial charge in [-0.25, -0.2) is 0 Å². The van der Waals surface area contributed by atoms with Crippen LogP contribution in [-0.2, 0) is 4.74 Å².